The van der Waals surface area contributed by atoms with E-state index in [1.807, 2.05) is 0 Å². The van der Waals surface area contributed by atoms with Crippen molar-refractivity contribution in [1.29, 1.82) is 0 Å². The number of carbonyl (C=O) groups is 1. The van der Waals surface area contributed by atoms with Crippen molar-refractivity contribution in [1.82, 2.24) is 4.72 Å². The second kappa shape index (κ2) is 10.9. The average Bonchev–Trinajstić information content (AvgIpc) is 3.05. The number of benzene rings is 1. The first-order chi connectivity index (χ1) is 13.4. The minimum atomic E-state index is -4.14. The fraction of sp³-hybridized carbons (Fsp3) is 0.471. The molecule has 7 nitrogen and oxygen atoms in total. The zero-order valence-corrected chi connectivity index (χ0v) is 18.1. The average molecular weight is 470 g/mol. The Morgan fingerprint density at radius 2 is 1.57 bits per heavy atom. The molecule has 0 radical (unpaired) electrons. The van der Waals surface area contributed by atoms with Crippen LogP contribution in [0.15, 0.2) is 22.4 Å². The molecule has 2 aromatic rings. The van der Waals surface area contributed by atoms with E-state index in [1.54, 1.807) is 12.1 Å². The Labute approximate surface area is 177 Å². The lowest BCUT2D eigenvalue weighted by atomic mass is 10.2. The molecule has 1 amide bonds. The molecule has 0 aliphatic carbocycles. The van der Waals surface area contributed by atoms with Crippen LogP contribution in [0.5, 0.6) is 11.5 Å². The Morgan fingerprint density at radius 1 is 1.00 bits per heavy atom. The molecule has 0 fully saturated rings. The van der Waals surface area contributed by atoms with Crippen molar-refractivity contribution in [3.63, 3.8) is 0 Å². The van der Waals surface area contributed by atoms with Gasteiger partial charge in [-0.25, -0.2) is 17.9 Å². The molecule has 1 aromatic heterocycles. The van der Waals surface area contributed by atoms with Gasteiger partial charge in [0.25, 0.3) is 10.0 Å². The third-order valence-electron chi connectivity index (χ3n) is 3.62. The van der Waals surface area contributed by atoms with Crippen LogP contribution in [0.3, 0.4) is 0 Å². The van der Waals surface area contributed by atoms with E-state index in [4.69, 9.17) is 37.8 Å². The normalized spacial score (nSPS) is 11.5. The van der Waals surface area contributed by atoms with Gasteiger partial charge < -0.3 is 14.6 Å². The highest BCUT2D eigenvalue weighted by atomic mass is 35.5. The van der Waals surface area contributed by atoms with Crippen LogP contribution in [0.25, 0.3) is 10.1 Å². The van der Waals surface area contributed by atoms with Gasteiger partial charge in [0.2, 0.25) is 0 Å². The Hall–Kier alpha value is -1.42. The number of thiophene rings is 1. The Morgan fingerprint density at radius 3 is 2.11 bits per heavy atom. The largest absolute Gasteiger partial charge is 0.490 e. The summed E-state index contributed by atoms with van der Waals surface area (Å²) in [5, 5.41) is 9.33. The molecule has 28 heavy (non-hydrogen) atoms. The molecule has 11 heteroatoms. The van der Waals surface area contributed by atoms with Crippen LogP contribution >= 0.6 is 34.5 Å². The summed E-state index contributed by atoms with van der Waals surface area (Å²) >= 11 is 12.3. The van der Waals surface area contributed by atoms with E-state index >= 15 is 0 Å². The molecule has 0 unspecified atom stereocenters. The minimum Gasteiger partial charge on any atom is -0.490 e. The molecule has 156 valence electrons. The molecule has 2 rings (SSSR count). The van der Waals surface area contributed by atoms with Crippen LogP contribution in [0, 0.1) is 0 Å². The molecular weight excluding hydrogens is 449 g/mol. The molecule has 0 aliphatic heterocycles. The Kier molecular flexibility index (Phi) is 8.94. The number of unbranched alkanes of at least 4 members (excludes halogenated alkanes) is 2. The van der Waals surface area contributed by atoms with E-state index in [0.29, 0.717) is 46.6 Å². The van der Waals surface area contributed by atoms with E-state index in [9.17, 15) is 13.2 Å². The Balaban J connectivity index is 2.30. The number of alkyl halides is 2. The predicted molar refractivity (Wildman–Crippen MR) is 111 cm³/mol. The van der Waals surface area contributed by atoms with Crippen LogP contribution in [-0.2, 0) is 10.0 Å². The molecule has 2 N–H and O–H groups in total. The molecule has 0 spiro atoms. The number of halogens is 2. The molecular formula is C17H21Cl2NO6S2. The number of nitrogens with one attached hydrogen (secondary N) is 1. The lowest BCUT2D eigenvalue weighted by Crippen LogP contribution is -2.28. The van der Waals surface area contributed by atoms with Crippen LogP contribution in [-0.4, -0.2) is 44.6 Å². The lowest BCUT2D eigenvalue weighted by Gasteiger charge is -2.13. The number of carboxylic acid groups (broad SMARTS) is 1. The van der Waals surface area contributed by atoms with Crippen molar-refractivity contribution in [3.8, 4) is 11.5 Å². The van der Waals surface area contributed by atoms with Crippen LogP contribution in [0.4, 0.5) is 4.79 Å². The summed E-state index contributed by atoms with van der Waals surface area (Å²) in [6, 6.07) is 4.81. The quantitative estimate of drug-likeness (QED) is 0.346. The number of hydrogen-bond donors (Lipinski definition) is 2. The van der Waals surface area contributed by atoms with Gasteiger partial charge in [-0.1, -0.05) is 0 Å². The molecule has 1 aromatic carbocycles. The van der Waals surface area contributed by atoms with Crippen molar-refractivity contribution >= 4 is 60.7 Å². The predicted octanol–water partition coefficient (Wildman–Crippen LogP) is 4.65. The fourth-order valence-corrected chi connectivity index (χ4v) is 4.93. The van der Waals surface area contributed by atoms with Gasteiger partial charge in [-0.15, -0.1) is 34.5 Å². The SMILES string of the molecule is O=C(O)NS(=O)(=O)c1cc2cc(OCCCCCl)c(OCCCCCl)cc2s1. The summed E-state index contributed by atoms with van der Waals surface area (Å²) in [5.74, 6) is 2.10. The molecule has 1 heterocycles. The zero-order valence-electron chi connectivity index (χ0n) is 14.9. The summed E-state index contributed by atoms with van der Waals surface area (Å²) in [7, 11) is -4.14. The van der Waals surface area contributed by atoms with Crippen LogP contribution in [0.2, 0.25) is 0 Å². The molecule has 0 saturated heterocycles. The first-order valence-electron chi connectivity index (χ1n) is 8.58. The third-order valence-corrected chi connectivity index (χ3v) is 7.04. The number of hydrogen-bond acceptors (Lipinski definition) is 6. The van der Waals surface area contributed by atoms with Gasteiger partial charge >= 0.3 is 6.09 Å². The van der Waals surface area contributed by atoms with Crippen molar-refractivity contribution in [2.75, 3.05) is 25.0 Å². The topological polar surface area (TPSA) is 102 Å². The van der Waals surface area contributed by atoms with E-state index in [1.165, 1.54) is 10.8 Å². The van der Waals surface area contributed by atoms with E-state index < -0.39 is 16.1 Å². The second-order valence-electron chi connectivity index (χ2n) is 5.80. The molecule has 0 aliphatic rings. The standard InChI is InChI=1S/C17H21Cl2NO6S2/c18-5-1-3-7-25-13-9-12-10-16(28(23,24)20-17(21)22)27-15(12)11-14(13)26-8-4-2-6-19/h9-11,20H,1-8H2,(H,21,22). The van der Waals surface area contributed by atoms with E-state index in [-0.39, 0.29) is 4.21 Å². The highest BCUT2D eigenvalue weighted by Gasteiger charge is 2.21. The zero-order chi connectivity index (χ0) is 20.6. The van der Waals surface area contributed by atoms with Crippen molar-refractivity contribution in [3.05, 3.63) is 18.2 Å². The van der Waals surface area contributed by atoms with Crippen LogP contribution in [0.1, 0.15) is 25.7 Å². The highest BCUT2D eigenvalue weighted by molar-refractivity contribution is 7.92. The molecule has 0 atom stereocenters. The van der Waals surface area contributed by atoms with Crippen molar-refractivity contribution < 1.29 is 27.8 Å². The first kappa shape index (κ1) is 22.9. The van der Waals surface area contributed by atoms with Gasteiger partial charge in [-0.2, -0.15) is 0 Å². The summed E-state index contributed by atoms with van der Waals surface area (Å²) in [6.07, 6.45) is 1.55. The number of fused-ring (bicyclic) bond motifs is 1. The lowest BCUT2D eigenvalue weighted by molar-refractivity contribution is 0.201. The number of sulfonamides is 1. The minimum absolute atomic E-state index is 0.0997. The number of amides is 1. The summed E-state index contributed by atoms with van der Waals surface area (Å²) < 4.78 is 37.9. The van der Waals surface area contributed by atoms with Gasteiger partial charge in [-0.3, -0.25) is 0 Å². The van der Waals surface area contributed by atoms with Gasteiger partial charge in [-0.05, 0) is 43.2 Å². The third kappa shape index (κ3) is 6.58. The fourth-order valence-electron chi connectivity index (χ4n) is 2.30. The smallest absolute Gasteiger partial charge is 0.418 e. The van der Waals surface area contributed by atoms with Gasteiger partial charge in [0, 0.05) is 22.5 Å². The summed E-state index contributed by atoms with van der Waals surface area (Å²) in [5.41, 5.74) is 0. The number of ether oxygens (including phenoxy) is 2. The van der Waals surface area contributed by atoms with Gasteiger partial charge in [0.1, 0.15) is 4.21 Å². The van der Waals surface area contributed by atoms with Gasteiger partial charge in [0.15, 0.2) is 11.5 Å². The first-order valence-corrected chi connectivity index (χ1v) is 11.9. The van der Waals surface area contributed by atoms with E-state index in [2.05, 4.69) is 0 Å². The van der Waals surface area contributed by atoms with Gasteiger partial charge in [0.05, 0.1) is 13.2 Å². The Bertz CT molecular complexity index is 851. The maximum atomic E-state index is 12.1. The van der Waals surface area contributed by atoms with Crippen molar-refractivity contribution in [2.45, 2.75) is 29.9 Å². The van der Waals surface area contributed by atoms with Crippen LogP contribution < -0.4 is 14.2 Å². The maximum Gasteiger partial charge on any atom is 0.418 e. The maximum absolute atomic E-state index is 12.1. The summed E-state index contributed by atoms with van der Waals surface area (Å²) in [4.78, 5) is 10.7. The van der Waals surface area contributed by atoms with Crippen molar-refractivity contribution in [2.24, 2.45) is 0 Å². The highest BCUT2D eigenvalue weighted by Crippen LogP contribution is 2.38. The molecule has 0 bridgehead atoms. The molecule has 0 saturated carbocycles. The monoisotopic (exact) mass is 469 g/mol. The number of rotatable bonds is 12. The second-order valence-corrected chi connectivity index (χ2v) is 9.55. The summed E-state index contributed by atoms with van der Waals surface area (Å²) in [6.45, 7) is 0.902. The van der Waals surface area contributed by atoms with E-state index in [0.717, 1.165) is 37.0 Å².